The number of benzene rings is 1. The Kier molecular flexibility index (Phi) is 5.13. The van der Waals surface area contributed by atoms with Crippen LogP contribution in [0.1, 0.15) is 50.7 Å². The second-order valence-corrected chi connectivity index (χ2v) is 7.18. The molecule has 0 radical (unpaired) electrons. The highest BCUT2D eigenvalue weighted by Gasteiger charge is 2.37. The molecular formula is C17H23F3N2O2. The van der Waals surface area contributed by atoms with Gasteiger partial charge < -0.3 is 10.6 Å². The number of nitrogens with zero attached hydrogens (tertiary/aromatic N) is 1. The minimum absolute atomic E-state index is 0.0996. The Balaban J connectivity index is 2.07. The molecule has 1 heterocycles. The number of hydrogen-bond acceptors (Lipinski definition) is 4. The van der Waals surface area contributed by atoms with E-state index in [1.165, 1.54) is 17.2 Å². The molecule has 4 nitrogen and oxygen atoms in total. The molecule has 1 aliphatic heterocycles. The average Bonchev–Trinajstić information content (AvgIpc) is 2.46. The minimum atomic E-state index is -4.43. The average molecular weight is 344 g/mol. The second-order valence-electron chi connectivity index (χ2n) is 7.18. The zero-order chi connectivity index (χ0) is 18.1. The van der Waals surface area contributed by atoms with Gasteiger partial charge in [-0.25, -0.2) is 4.79 Å². The predicted molar refractivity (Wildman–Crippen MR) is 85.0 cm³/mol. The fraction of sp³-hybridized carbons (Fsp3) is 0.588. The largest absolute Gasteiger partial charge is 0.416 e. The van der Waals surface area contributed by atoms with E-state index in [0.29, 0.717) is 25.9 Å². The van der Waals surface area contributed by atoms with E-state index in [9.17, 15) is 18.0 Å². The maximum atomic E-state index is 13.2. The number of carbonyl (C=O) groups excluding carboxylic acids is 1. The number of nitrogen functional groups attached to an aromatic ring is 1. The maximum absolute atomic E-state index is 13.2. The van der Waals surface area contributed by atoms with Gasteiger partial charge in [0, 0.05) is 18.8 Å². The normalized spacial score (nSPS) is 17.8. The molecule has 1 saturated heterocycles. The summed E-state index contributed by atoms with van der Waals surface area (Å²) in [6.07, 6.45) is -3.45. The minimum Gasteiger partial charge on any atom is -0.399 e. The highest BCUT2D eigenvalue weighted by Crippen LogP contribution is 2.39. The molecule has 0 atom stereocenters. The van der Waals surface area contributed by atoms with Gasteiger partial charge in [0.05, 0.1) is 11.0 Å². The molecule has 0 bridgehead atoms. The van der Waals surface area contributed by atoms with E-state index in [1.54, 1.807) is 20.8 Å². The van der Waals surface area contributed by atoms with Gasteiger partial charge in [-0.3, -0.25) is 0 Å². The lowest BCUT2D eigenvalue weighted by Crippen LogP contribution is -2.38. The van der Waals surface area contributed by atoms with Crippen molar-refractivity contribution >= 4 is 11.7 Å². The summed E-state index contributed by atoms with van der Waals surface area (Å²) < 4.78 is 39.7. The first-order valence-electron chi connectivity index (χ1n) is 7.92. The summed E-state index contributed by atoms with van der Waals surface area (Å²) >= 11 is 0. The van der Waals surface area contributed by atoms with Gasteiger partial charge >= 0.3 is 12.1 Å². The Morgan fingerprint density at radius 2 is 1.79 bits per heavy atom. The van der Waals surface area contributed by atoms with Crippen molar-refractivity contribution in [3.05, 3.63) is 29.3 Å². The van der Waals surface area contributed by atoms with E-state index in [1.807, 2.05) is 0 Å². The summed E-state index contributed by atoms with van der Waals surface area (Å²) in [5.74, 6) is -0.573. The zero-order valence-corrected chi connectivity index (χ0v) is 14.1. The molecule has 1 aromatic carbocycles. The monoisotopic (exact) mass is 344 g/mol. The molecular weight excluding hydrogens is 321 g/mol. The van der Waals surface area contributed by atoms with E-state index < -0.39 is 17.2 Å². The van der Waals surface area contributed by atoms with Crippen LogP contribution >= 0.6 is 0 Å². The fourth-order valence-electron chi connectivity index (χ4n) is 2.69. The molecule has 0 amide bonds. The van der Waals surface area contributed by atoms with E-state index in [2.05, 4.69) is 0 Å². The van der Waals surface area contributed by atoms with Gasteiger partial charge in [-0.15, -0.1) is 5.06 Å². The number of rotatable bonds is 2. The predicted octanol–water partition coefficient (Wildman–Crippen LogP) is 3.97. The van der Waals surface area contributed by atoms with Gasteiger partial charge in [-0.2, -0.15) is 13.2 Å². The van der Waals surface area contributed by atoms with Gasteiger partial charge in [0.1, 0.15) is 0 Å². The molecule has 0 saturated carbocycles. The van der Waals surface area contributed by atoms with Gasteiger partial charge in [0.2, 0.25) is 0 Å². The first-order valence-corrected chi connectivity index (χ1v) is 7.92. The molecule has 7 heteroatoms. The molecule has 0 aromatic heterocycles. The number of carbonyl (C=O) groups is 1. The SMILES string of the molecule is CC(C)(C)C(=O)ON1CCC(c2ccc(N)cc2C(F)(F)F)CC1. The Morgan fingerprint density at radius 1 is 1.21 bits per heavy atom. The molecule has 24 heavy (non-hydrogen) atoms. The molecule has 1 aliphatic rings. The van der Waals surface area contributed by atoms with Gasteiger partial charge in [0.25, 0.3) is 0 Å². The first kappa shape index (κ1) is 18.6. The van der Waals surface area contributed by atoms with Crippen LogP contribution in [0.3, 0.4) is 0 Å². The standard InChI is InChI=1S/C17H23F3N2O2/c1-16(2,3)15(23)24-22-8-6-11(7-9-22)13-5-4-12(21)10-14(13)17(18,19)20/h4-5,10-11H,6-9,21H2,1-3H3. The third kappa shape index (κ3) is 4.41. The summed E-state index contributed by atoms with van der Waals surface area (Å²) in [5, 5.41) is 1.54. The Bertz CT molecular complexity index is 601. The van der Waals surface area contributed by atoms with Gasteiger partial charge in [0.15, 0.2) is 0 Å². The quantitative estimate of drug-likeness (QED) is 0.825. The van der Waals surface area contributed by atoms with E-state index in [4.69, 9.17) is 10.6 Å². The van der Waals surface area contributed by atoms with Crippen LogP contribution in [-0.4, -0.2) is 24.1 Å². The molecule has 1 fully saturated rings. The third-order valence-electron chi connectivity index (χ3n) is 4.10. The Hall–Kier alpha value is -1.76. The van der Waals surface area contributed by atoms with Crippen LogP contribution < -0.4 is 5.73 Å². The topological polar surface area (TPSA) is 55.6 Å². The summed E-state index contributed by atoms with van der Waals surface area (Å²) in [7, 11) is 0. The number of halogens is 3. The number of hydroxylamine groups is 2. The van der Waals surface area contributed by atoms with Gasteiger partial charge in [-0.05, 0) is 57.2 Å². The first-order chi connectivity index (χ1) is 11.0. The number of anilines is 1. The van der Waals surface area contributed by atoms with E-state index in [-0.39, 0.29) is 23.1 Å². The second kappa shape index (κ2) is 6.63. The van der Waals surface area contributed by atoms with Crippen molar-refractivity contribution in [2.45, 2.75) is 45.7 Å². The van der Waals surface area contributed by atoms with Crippen molar-refractivity contribution in [2.75, 3.05) is 18.8 Å². The van der Waals surface area contributed by atoms with Crippen molar-refractivity contribution in [3.63, 3.8) is 0 Å². The van der Waals surface area contributed by atoms with Crippen molar-refractivity contribution in [1.29, 1.82) is 0 Å². The van der Waals surface area contributed by atoms with Crippen LogP contribution in [0.15, 0.2) is 18.2 Å². The maximum Gasteiger partial charge on any atom is 0.416 e. The number of hydrogen-bond donors (Lipinski definition) is 1. The van der Waals surface area contributed by atoms with Crippen LogP contribution in [0, 0.1) is 5.41 Å². The number of alkyl halides is 3. The lowest BCUT2D eigenvalue weighted by molar-refractivity contribution is -0.204. The summed E-state index contributed by atoms with van der Waals surface area (Å²) in [6.45, 7) is 6.09. The number of piperidine rings is 1. The van der Waals surface area contributed by atoms with Crippen molar-refractivity contribution in [3.8, 4) is 0 Å². The van der Waals surface area contributed by atoms with Crippen molar-refractivity contribution in [1.82, 2.24) is 5.06 Å². The fourth-order valence-corrected chi connectivity index (χ4v) is 2.69. The van der Waals surface area contributed by atoms with E-state index >= 15 is 0 Å². The number of nitrogens with two attached hydrogens (primary N) is 1. The molecule has 0 unspecified atom stereocenters. The van der Waals surface area contributed by atoms with Crippen LogP contribution in [0.25, 0.3) is 0 Å². The summed E-state index contributed by atoms with van der Waals surface area (Å²) in [6, 6.07) is 3.94. The van der Waals surface area contributed by atoms with Crippen molar-refractivity contribution in [2.24, 2.45) is 5.41 Å². The summed E-state index contributed by atoms with van der Waals surface area (Å²) in [5.41, 5.74) is 4.58. The smallest absolute Gasteiger partial charge is 0.399 e. The molecule has 2 N–H and O–H groups in total. The van der Waals surface area contributed by atoms with Gasteiger partial charge in [-0.1, -0.05) is 6.07 Å². The highest BCUT2D eigenvalue weighted by molar-refractivity contribution is 5.75. The zero-order valence-electron chi connectivity index (χ0n) is 14.1. The molecule has 1 aromatic rings. The van der Waals surface area contributed by atoms with Crippen LogP contribution in [0.4, 0.5) is 18.9 Å². The van der Waals surface area contributed by atoms with Crippen LogP contribution in [0.2, 0.25) is 0 Å². The molecule has 2 rings (SSSR count). The Labute approximate surface area is 139 Å². The molecule has 0 aliphatic carbocycles. The lowest BCUT2D eigenvalue weighted by atomic mass is 9.86. The lowest BCUT2D eigenvalue weighted by Gasteiger charge is -2.33. The Morgan fingerprint density at radius 3 is 2.29 bits per heavy atom. The van der Waals surface area contributed by atoms with E-state index in [0.717, 1.165) is 6.07 Å². The summed E-state index contributed by atoms with van der Waals surface area (Å²) in [4.78, 5) is 17.2. The highest BCUT2D eigenvalue weighted by atomic mass is 19.4. The van der Waals surface area contributed by atoms with Crippen LogP contribution in [0.5, 0.6) is 0 Å². The molecule has 134 valence electrons. The third-order valence-corrected chi connectivity index (χ3v) is 4.10. The van der Waals surface area contributed by atoms with Crippen LogP contribution in [-0.2, 0) is 15.8 Å². The molecule has 0 spiro atoms. The van der Waals surface area contributed by atoms with Crippen molar-refractivity contribution < 1.29 is 22.8 Å².